The SMILES string of the molecule is COc1ccc(CCNc2oc(-c3ccc(C)cc3)nc2S(=O)(=O)c2ccc(F)cc2)cc1OC. The summed E-state index contributed by atoms with van der Waals surface area (Å²) in [5.41, 5.74) is 2.64. The molecule has 0 saturated carbocycles. The van der Waals surface area contributed by atoms with Crippen molar-refractivity contribution < 1.29 is 26.7 Å². The van der Waals surface area contributed by atoms with Crippen LogP contribution >= 0.6 is 0 Å². The summed E-state index contributed by atoms with van der Waals surface area (Å²) in [6, 6.07) is 17.6. The third-order valence-electron chi connectivity index (χ3n) is 5.42. The van der Waals surface area contributed by atoms with E-state index in [9.17, 15) is 12.8 Å². The van der Waals surface area contributed by atoms with Crippen LogP contribution in [-0.2, 0) is 16.3 Å². The first-order valence-electron chi connectivity index (χ1n) is 10.8. The molecular formula is C26H25FN2O5S. The van der Waals surface area contributed by atoms with Gasteiger partial charge in [-0.25, -0.2) is 12.8 Å². The molecule has 4 aromatic rings. The van der Waals surface area contributed by atoms with Crippen LogP contribution in [0.2, 0.25) is 0 Å². The van der Waals surface area contributed by atoms with E-state index in [0.29, 0.717) is 30.0 Å². The highest BCUT2D eigenvalue weighted by Crippen LogP contribution is 2.33. The van der Waals surface area contributed by atoms with Crippen LogP contribution in [0.1, 0.15) is 11.1 Å². The molecule has 1 heterocycles. The number of nitrogens with zero attached hydrogens (tertiary/aromatic N) is 1. The molecule has 1 N–H and O–H groups in total. The van der Waals surface area contributed by atoms with Crippen LogP contribution in [0.15, 0.2) is 81.1 Å². The second-order valence-electron chi connectivity index (χ2n) is 7.84. The maximum atomic E-state index is 13.4. The van der Waals surface area contributed by atoms with Gasteiger partial charge < -0.3 is 19.2 Å². The summed E-state index contributed by atoms with van der Waals surface area (Å²) >= 11 is 0. The van der Waals surface area contributed by atoms with E-state index in [1.165, 1.54) is 12.1 Å². The Bertz CT molecular complexity index is 1420. The molecule has 9 heteroatoms. The number of hydrogen-bond donors (Lipinski definition) is 1. The zero-order valence-corrected chi connectivity index (χ0v) is 20.4. The standard InChI is InChI=1S/C26H25FN2O5S/c1-17-4-7-19(8-5-17)24-29-26(35(30,31)21-11-9-20(27)10-12-21)25(34-24)28-15-14-18-6-13-22(32-2)23(16-18)33-3/h4-13,16,28H,14-15H2,1-3H3. The van der Waals surface area contributed by atoms with Gasteiger partial charge >= 0.3 is 0 Å². The monoisotopic (exact) mass is 496 g/mol. The molecular weight excluding hydrogens is 471 g/mol. The van der Waals surface area contributed by atoms with E-state index < -0.39 is 15.7 Å². The first-order chi connectivity index (χ1) is 16.8. The van der Waals surface area contributed by atoms with Gasteiger partial charge in [-0.2, -0.15) is 4.98 Å². The number of benzene rings is 3. The average molecular weight is 497 g/mol. The second-order valence-corrected chi connectivity index (χ2v) is 9.71. The molecule has 0 aliphatic rings. The number of rotatable bonds is 9. The molecule has 0 radical (unpaired) electrons. The Morgan fingerprint density at radius 3 is 2.29 bits per heavy atom. The lowest BCUT2D eigenvalue weighted by atomic mass is 10.1. The lowest BCUT2D eigenvalue weighted by molar-refractivity contribution is 0.354. The summed E-state index contributed by atoms with van der Waals surface area (Å²) in [6.07, 6.45) is 0.553. The van der Waals surface area contributed by atoms with Crippen LogP contribution in [0, 0.1) is 12.7 Å². The van der Waals surface area contributed by atoms with Gasteiger partial charge in [-0.3, -0.25) is 0 Å². The summed E-state index contributed by atoms with van der Waals surface area (Å²) in [7, 11) is -0.937. The molecule has 0 unspecified atom stereocenters. The van der Waals surface area contributed by atoms with Crippen molar-refractivity contribution in [2.24, 2.45) is 0 Å². The van der Waals surface area contributed by atoms with Crippen LogP contribution in [0.3, 0.4) is 0 Å². The number of halogens is 1. The molecule has 0 fully saturated rings. The number of ether oxygens (including phenoxy) is 2. The van der Waals surface area contributed by atoms with Crippen LogP contribution in [0.4, 0.5) is 10.3 Å². The Labute approximate surface area is 203 Å². The van der Waals surface area contributed by atoms with Gasteiger partial charge in [0.15, 0.2) is 11.5 Å². The van der Waals surface area contributed by atoms with Gasteiger partial charge in [0.05, 0.1) is 19.1 Å². The fourth-order valence-corrected chi connectivity index (χ4v) is 4.78. The highest BCUT2D eigenvalue weighted by Gasteiger charge is 2.28. The molecule has 0 aliphatic heterocycles. The molecule has 0 spiro atoms. The highest BCUT2D eigenvalue weighted by atomic mass is 32.2. The second kappa shape index (κ2) is 10.2. The molecule has 0 bridgehead atoms. The molecule has 35 heavy (non-hydrogen) atoms. The minimum absolute atomic E-state index is 0.0189. The summed E-state index contributed by atoms with van der Waals surface area (Å²) in [4.78, 5) is 4.23. The fourth-order valence-electron chi connectivity index (χ4n) is 3.50. The van der Waals surface area contributed by atoms with E-state index in [1.54, 1.807) is 14.2 Å². The largest absolute Gasteiger partial charge is 0.493 e. The first kappa shape index (κ1) is 24.3. The topological polar surface area (TPSA) is 90.7 Å². The fraction of sp³-hybridized carbons (Fsp3) is 0.192. The van der Waals surface area contributed by atoms with Crippen molar-refractivity contribution in [2.75, 3.05) is 26.1 Å². The third-order valence-corrected chi connectivity index (χ3v) is 7.10. The maximum Gasteiger partial charge on any atom is 0.233 e. The van der Waals surface area contributed by atoms with Gasteiger partial charge in [0.2, 0.25) is 26.6 Å². The number of aryl methyl sites for hydroxylation is 1. The minimum atomic E-state index is -4.07. The predicted molar refractivity (Wildman–Crippen MR) is 130 cm³/mol. The number of hydrogen-bond acceptors (Lipinski definition) is 7. The molecule has 0 aliphatic carbocycles. The molecule has 7 nitrogen and oxygen atoms in total. The van der Waals surface area contributed by atoms with Crippen LogP contribution < -0.4 is 14.8 Å². The van der Waals surface area contributed by atoms with Gasteiger partial charge in [0.25, 0.3) is 0 Å². The Morgan fingerprint density at radius 2 is 1.63 bits per heavy atom. The van der Waals surface area contributed by atoms with Gasteiger partial charge in [-0.15, -0.1) is 0 Å². The Hall–Kier alpha value is -3.85. The van der Waals surface area contributed by atoms with Crippen molar-refractivity contribution in [3.05, 3.63) is 83.7 Å². The van der Waals surface area contributed by atoms with E-state index in [0.717, 1.165) is 23.3 Å². The number of aromatic nitrogens is 1. The quantitative estimate of drug-likeness (QED) is 0.315. The van der Waals surface area contributed by atoms with Gasteiger partial charge in [-0.1, -0.05) is 23.8 Å². The van der Waals surface area contributed by atoms with Gasteiger partial charge in [0.1, 0.15) is 5.82 Å². The van der Waals surface area contributed by atoms with Crippen molar-refractivity contribution in [3.63, 3.8) is 0 Å². The molecule has 0 amide bonds. The summed E-state index contributed by atoms with van der Waals surface area (Å²) in [5, 5.41) is 2.80. The minimum Gasteiger partial charge on any atom is -0.493 e. The van der Waals surface area contributed by atoms with Crippen molar-refractivity contribution in [1.82, 2.24) is 4.98 Å². The Kier molecular flexibility index (Phi) is 7.07. The Morgan fingerprint density at radius 1 is 0.943 bits per heavy atom. The smallest absolute Gasteiger partial charge is 0.233 e. The predicted octanol–water partition coefficient (Wildman–Crippen LogP) is 5.29. The molecule has 182 valence electrons. The van der Waals surface area contributed by atoms with Crippen LogP contribution in [-0.4, -0.2) is 34.2 Å². The molecule has 0 atom stereocenters. The molecule has 0 saturated heterocycles. The van der Waals surface area contributed by atoms with Crippen LogP contribution in [0.25, 0.3) is 11.5 Å². The first-order valence-corrected chi connectivity index (χ1v) is 12.3. The lowest BCUT2D eigenvalue weighted by Crippen LogP contribution is -2.10. The number of oxazole rings is 1. The van der Waals surface area contributed by atoms with Crippen molar-refractivity contribution in [1.29, 1.82) is 0 Å². The van der Waals surface area contributed by atoms with Crippen molar-refractivity contribution in [2.45, 2.75) is 23.3 Å². The summed E-state index contributed by atoms with van der Waals surface area (Å²) in [5.74, 6) is 0.878. The number of anilines is 1. The zero-order valence-electron chi connectivity index (χ0n) is 19.5. The van der Waals surface area contributed by atoms with E-state index in [1.807, 2.05) is 49.4 Å². The summed E-state index contributed by atoms with van der Waals surface area (Å²) in [6.45, 7) is 2.31. The number of nitrogens with one attached hydrogen (secondary N) is 1. The third kappa shape index (κ3) is 5.30. The van der Waals surface area contributed by atoms with Crippen molar-refractivity contribution >= 4 is 15.7 Å². The Balaban J connectivity index is 1.64. The number of methoxy groups -OCH3 is 2. The average Bonchev–Trinajstić information content (AvgIpc) is 3.29. The molecule has 4 rings (SSSR count). The van der Waals surface area contributed by atoms with E-state index >= 15 is 0 Å². The summed E-state index contributed by atoms with van der Waals surface area (Å²) < 4.78 is 56.5. The molecule has 1 aromatic heterocycles. The van der Waals surface area contributed by atoms with Crippen LogP contribution in [0.5, 0.6) is 11.5 Å². The zero-order chi connectivity index (χ0) is 25.0. The number of sulfone groups is 1. The van der Waals surface area contributed by atoms with Crippen molar-refractivity contribution in [3.8, 4) is 23.0 Å². The maximum absolute atomic E-state index is 13.4. The van der Waals surface area contributed by atoms with Gasteiger partial charge in [-0.05, 0) is 67.4 Å². The van der Waals surface area contributed by atoms with Gasteiger partial charge in [0, 0.05) is 12.1 Å². The lowest BCUT2D eigenvalue weighted by Gasteiger charge is -2.10. The molecule has 3 aromatic carbocycles. The van der Waals surface area contributed by atoms with E-state index in [2.05, 4.69) is 10.3 Å². The normalized spacial score (nSPS) is 11.3. The van der Waals surface area contributed by atoms with E-state index in [4.69, 9.17) is 13.9 Å². The highest BCUT2D eigenvalue weighted by molar-refractivity contribution is 7.91. The van der Waals surface area contributed by atoms with E-state index in [-0.39, 0.29) is 21.7 Å².